The van der Waals surface area contributed by atoms with Gasteiger partial charge in [0.1, 0.15) is 8.07 Å². The Labute approximate surface area is 308 Å². The SMILES string of the molecule is [2H]C([2H])([2H])c1cnc(-c2[c-]ccc3c2sc2c4c(ccc23)[Si](C)(C)c2ccccc2-4)cc1C([2H])([2H])[2H].[CH3][Ge]([CH3])([CH3])[c]1ccc(-c2[c-]cccc2)nc1.[Ir]. The van der Waals surface area contributed by atoms with E-state index in [0.717, 1.165) is 26.7 Å². The third kappa shape index (κ3) is 6.13. The molecule has 0 spiro atoms. The van der Waals surface area contributed by atoms with Crippen LogP contribution < -0.4 is 14.8 Å². The summed E-state index contributed by atoms with van der Waals surface area (Å²) in [6.07, 6.45) is 3.22. The summed E-state index contributed by atoms with van der Waals surface area (Å²) in [5, 5.41) is 5.09. The van der Waals surface area contributed by atoms with Gasteiger partial charge in [0.05, 0.1) is 0 Å². The van der Waals surface area contributed by atoms with E-state index in [9.17, 15) is 0 Å². The molecule has 0 atom stereocenters. The topological polar surface area (TPSA) is 25.8 Å². The van der Waals surface area contributed by atoms with Crippen LogP contribution in [0, 0.1) is 25.8 Å². The first kappa shape index (κ1) is 26.7. The number of hydrogen-bond donors (Lipinski definition) is 0. The minimum absolute atomic E-state index is 0. The molecule has 47 heavy (non-hydrogen) atoms. The van der Waals surface area contributed by atoms with Crippen LogP contribution in [0.4, 0.5) is 0 Å². The van der Waals surface area contributed by atoms with Gasteiger partial charge in [-0.15, -0.1) is 23.8 Å². The Morgan fingerprint density at radius 1 is 0.723 bits per heavy atom. The molecule has 7 aromatic rings. The molecule has 0 aliphatic carbocycles. The summed E-state index contributed by atoms with van der Waals surface area (Å²) in [6.45, 7) is -0.352. The van der Waals surface area contributed by atoms with Gasteiger partial charge in [-0.05, 0) is 56.5 Å². The molecule has 0 amide bonds. The zero-order valence-corrected chi connectivity index (χ0v) is 33.3. The van der Waals surface area contributed by atoms with E-state index in [1.165, 1.54) is 42.9 Å². The van der Waals surface area contributed by atoms with E-state index in [4.69, 9.17) is 8.22 Å². The van der Waals surface area contributed by atoms with E-state index in [2.05, 4.69) is 101 Å². The summed E-state index contributed by atoms with van der Waals surface area (Å²) < 4.78 is 50.8. The minimum Gasteiger partial charge on any atom is 0 e. The molecular formula is C41H38GeIrN2SSi-2. The molecular weight excluding hydrogens is 845 g/mol. The zero-order chi connectivity index (χ0) is 37.2. The van der Waals surface area contributed by atoms with Crippen LogP contribution in [0.2, 0.25) is 30.4 Å². The number of rotatable bonds is 3. The van der Waals surface area contributed by atoms with Crippen LogP contribution in [-0.2, 0) is 20.1 Å². The van der Waals surface area contributed by atoms with Crippen molar-refractivity contribution in [3.8, 4) is 33.6 Å². The predicted octanol–water partition coefficient (Wildman–Crippen LogP) is 9.43. The Morgan fingerprint density at radius 2 is 1.49 bits per heavy atom. The minimum atomic E-state index is -2.57. The van der Waals surface area contributed by atoms with Crippen molar-refractivity contribution in [3.63, 3.8) is 0 Å². The van der Waals surface area contributed by atoms with Crippen molar-refractivity contribution in [2.45, 2.75) is 44.1 Å². The number of thiophene rings is 1. The van der Waals surface area contributed by atoms with Gasteiger partial charge < -0.3 is 4.98 Å². The molecule has 4 heterocycles. The van der Waals surface area contributed by atoms with E-state index in [1.807, 2.05) is 42.6 Å². The van der Waals surface area contributed by atoms with E-state index >= 15 is 0 Å². The van der Waals surface area contributed by atoms with Crippen molar-refractivity contribution in [1.29, 1.82) is 0 Å². The quantitative estimate of drug-likeness (QED) is 0.131. The molecule has 3 aromatic heterocycles. The molecule has 8 rings (SSSR count). The number of fused-ring (bicyclic) bond motifs is 7. The monoisotopic (exact) mass is 891 g/mol. The van der Waals surface area contributed by atoms with Gasteiger partial charge in [-0.25, -0.2) is 0 Å². The Bertz CT molecular complexity index is 2460. The molecule has 237 valence electrons. The molecule has 0 N–H and O–H groups in total. The first-order valence-electron chi connectivity index (χ1n) is 18.4. The Morgan fingerprint density at radius 3 is 2.21 bits per heavy atom. The van der Waals surface area contributed by atoms with Crippen LogP contribution in [0.15, 0.2) is 103 Å². The normalized spacial score (nSPS) is 15.4. The van der Waals surface area contributed by atoms with E-state index in [-0.39, 0.29) is 31.2 Å². The molecule has 6 heteroatoms. The second-order valence-electron chi connectivity index (χ2n) is 13.3. The maximum Gasteiger partial charge on any atom is 0 e. The fourth-order valence-electron chi connectivity index (χ4n) is 6.32. The van der Waals surface area contributed by atoms with Crippen LogP contribution in [0.3, 0.4) is 0 Å². The molecule has 0 fully saturated rings. The van der Waals surface area contributed by atoms with Gasteiger partial charge in [0.25, 0.3) is 0 Å². The third-order valence-electron chi connectivity index (χ3n) is 8.92. The summed E-state index contributed by atoms with van der Waals surface area (Å²) in [7, 11) is -1.81. The average Bonchev–Trinajstić information content (AvgIpc) is 3.60. The summed E-state index contributed by atoms with van der Waals surface area (Å²) >= 11 is -0.0407. The van der Waals surface area contributed by atoms with E-state index in [1.54, 1.807) is 11.3 Å². The Balaban J connectivity index is 0.000000238. The van der Waals surface area contributed by atoms with E-state index in [0.29, 0.717) is 11.3 Å². The first-order valence-corrected chi connectivity index (χ1v) is 26.6. The summed E-state index contributed by atoms with van der Waals surface area (Å²) in [4.78, 5) is 8.94. The Hall–Kier alpha value is -3.19. The molecule has 0 saturated heterocycles. The summed E-state index contributed by atoms with van der Waals surface area (Å²) in [6, 6.07) is 37.2. The van der Waals surface area contributed by atoms with Crippen molar-refractivity contribution in [2.75, 3.05) is 0 Å². The van der Waals surface area contributed by atoms with Gasteiger partial charge in [0.2, 0.25) is 0 Å². The molecule has 0 bridgehead atoms. The largest absolute Gasteiger partial charge is 0 e. The molecule has 2 nitrogen and oxygen atoms in total. The second kappa shape index (κ2) is 13.0. The molecule has 4 aromatic carbocycles. The molecule has 1 radical (unpaired) electrons. The van der Waals surface area contributed by atoms with Gasteiger partial charge >= 0.3 is 99.8 Å². The maximum atomic E-state index is 7.95. The van der Waals surface area contributed by atoms with Gasteiger partial charge in [0.15, 0.2) is 0 Å². The number of aryl methyl sites for hydroxylation is 2. The molecule has 0 saturated carbocycles. The molecule has 1 aliphatic rings. The third-order valence-corrected chi connectivity index (χ3v) is 18.0. The van der Waals surface area contributed by atoms with Crippen LogP contribution in [0.25, 0.3) is 53.8 Å². The summed E-state index contributed by atoms with van der Waals surface area (Å²) in [5.74, 6) is 7.14. The number of nitrogens with zero attached hydrogens (tertiary/aromatic N) is 2. The van der Waals surface area contributed by atoms with Crippen LogP contribution in [-0.4, -0.2) is 31.3 Å². The van der Waals surface area contributed by atoms with Crippen LogP contribution >= 0.6 is 11.3 Å². The van der Waals surface area contributed by atoms with Gasteiger partial charge in [-0.3, -0.25) is 0 Å². The van der Waals surface area contributed by atoms with Crippen molar-refractivity contribution < 1.29 is 28.3 Å². The zero-order valence-electron chi connectivity index (χ0n) is 33.0. The van der Waals surface area contributed by atoms with Gasteiger partial charge in [0, 0.05) is 39.2 Å². The molecule has 0 unspecified atom stereocenters. The summed E-state index contributed by atoms with van der Waals surface area (Å²) in [5.41, 5.74) is 5.35. The van der Waals surface area contributed by atoms with Gasteiger partial charge in [-0.1, -0.05) is 66.5 Å². The van der Waals surface area contributed by atoms with Crippen molar-refractivity contribution in [1.82, 2.24) is 9.97 Å². The number of hydrogen-bond acceptors (Lipinski definition) is 3. The van der Waals surface area contributed by atoms with Crippen LogP contribution in [0.1, 0.15) is 19.4 Å². The number of pyridine rings is 2. The smallest absolute Gasteiger partial charge is 0 e. The van der Waals surface area contributed by atoms with Gasteiger partial charge in [-0.2, -0.15) is 11.3 Å². The predicted molar refractivity (Wildman–Crippen MR) is 205 cm³/mol. The van der Waals surface area contributed by atoms with Crippen molar-refractivity contribution >= 4 is 67.6 Å². The van der Waals surface area contributed by atoms with Crippen molar-refractivity contribution in [2.24, 2.45) is 0 Å². The fourth-order valence-corrected chi connectivity index (χ4v) is 13.0. The van der Waals surface area contributed by atoms with E-state index < -0.39 is 35.0 Å². The maximum absolute atomic E-state index is 7.95. The van der Waals surface area contributed by atoms with Crippen LogP contribution in [0.5, 0.6) is 0 Å². The first-order chi connectivity index (χ1) is 24.5. The number of aromatic nitrogens is 2. The second-order valence-corrected chi connectivity index (χ2v) is 29.3. The molecule has 1 aliphatic heterocycles. The standard InChI is InChI=1S/C27H22NSSi.C14H16GeN.Ir/c1-16-14-22(28-15-17(16)2)20-10-7-9-18-19-12-13-24-25(27(19)29-26(18)20)21-8-5-6-11-23(21)30(24,3)4;1-15(2,3)13-9-10-14(16-11-13)12-7-5-4-6-8-12;/h5-9,11-15H,1-4H3;4-7,9-11H,1-3H3;/q2*-1;/i1D3,2D3;;. The average molecular weight is 890 g/mol. The number of benzene rings is 4. The fraction of sp³-hybridized carbons (Fsp3) is 0.171. The Kier molecular flexibility index (Phi) is 7.40. The van der Waals surface area contributed by atoms with Crippen molar-refractivity contribution in [3.05, 3.63) is 127 Å².